The second kappa shape index (κ2) is 9.71. The highest BCUT2D eigenvalue weighted by Crippen LogP contribution is 2.31. The van der Waals surface area contributed by atoms with Crippen LogP contribution in [0.4, 0.5) is 5.69 Å². The van der Waals surface area contributed by atoms with E-state index in [0.29, 0.717) is 23.7 Å². The Kier molecular flexibility index (Phi) is 6.72. The van der Waals surface area contributed by atoms with Crippen LogP contribution in [0.1, 0.15) is 48.2 Å². The summed E-state index contributed by atoms with van der Waals surface area (Å²) in [4.78, 5) is 41.0. The van der Waals surface area contributed by atoms with Gasteiger partial charge in [0.2, 0.25) is 5.91 Å². The molecule has 0 bridgehead atoms. The van der Waals surface area contributed by atoms with Gasteiger partial charge in [0.1, 0.15) is 6.54 Å². The van der Waals surface area contributed by atoms with Gasteiger partial charge < -0.3 is 19.5 Å². The minimum absolute atomic E-state index is 0.00342. The molecular formula is C27H31N3O4. The molecule has 7 heteroatoms. The first-order valence-electron chi connectivity index (χ1n) is 11.7. The third-order valence-corrected chi connectivity index (χ3v) is 6.41. The fraction of sp³-hybridized carbons (Fsp3) is 0.370. The zero-order valence-corrected chi connectivity index (χ0v) is 20.0. The number of fused-ring (bicyclic) bond motifs is 2. The van der Waals surface area contributed by atoms with E-state index in [4.69, 9.17) is 5.11 Å². The highest BCUT2D eigenvalue weighted by Gasteiger charge is 2.32. The van der Waals surface area contributed by atoms with E-state index in [1.807, 2.05) is 54.2 Å². The number of benzene rings is 2. The van der Waals surface area contributed by atoms with Crippen LogP contribution in [0.25, 0.3) is 10.9 Å². The predicted molar refractivity (Wildman–Crippen MR) is 132 cm³/mol. The Morgan fingerprint density at radius 1 is 1.12 bits per heavy atom. The van der Waals surface area contributed by atoms with Gasteiger partial charge in [0, 0.05) is 30.7 Å². The average molecular weight is 462 g/mol. The van der Waals surface area contributed by atoms with E-state index in [0.717, 1.165) is 34.9 Å². The minimum Gasteiger partial charge on any atom is -0.481 e. The van der Waals surface area contributed by atoms with Crippen molar-refractivity contribution >= 4 is 34.4 Å². The zero-order valence-electron chi connectivity index (χ0n) is 20.0. The molecule has 0 saturated heterocycles. The van der Waals surface area contributed by atoms with Crippen LogP contribution in [0.15, 0.2) is 48.7 Å². The summed E-state index contributed by atoms with van der Waals surface area (Å²) >= 11 is 0. The molecule has 2 heterocycles. The average Bonchev–Trinajstić information content (AvgIpc) is 3.08. The Morgan fingerprint density at radius 3 is 2.62 bits per heavy atom. The number of aliphatic carboxylic acids is 1. The summed E-state index contributed by atoms with van der Waals surface area (Å²) in [6.45, 7) is 4.53. The van der Waals surface area contributed by atoms with Crippen molar-refractivity contribution < 1.29 is 19.5 Å². The van der Waals surface area contributed by atoms with Gasteiger partial charge in [-0.15, -0.1) is 0 Å². The summed E-state index contributed by atoms with van der Waals surface area (Å²) in [5.41, 5.74) is 4.18. The molecule has 0 saturated carbocycles. The molecule has 34 heavy (non-hydrogen) atoms. The molecule has 1 N–H and O–H groups in total. The molecule has 2 amide bonds. The Morgan fingerprint density at radius 2 is 1.88 bits per heavy atom. The predicted octanol–water partition coefficient (Wildman–Crippen LogP) is 4.23. The van der Waals surface area contributed by atoms with E-state index in [9.17, 15) is 14.4 Å². The van der Waals surface area contributed by atoms with E-state index < -0.39 is 5.97 Å². The Bertz CT molecular complexity index is 1240. The van der Waals surface area contributed by atoms with Crippen LogP contribution in [-0.2, 0) is 29.6 Å². The molecule has 1 aliphatic rings. The van der Waals surface area contributed by atoms with E-state index >= 15 is 0 Å². The first-order valence-corrected chi connectivity index (χ1v) is 11.7. The molecule has 0 spiro atoms. The molecule has 178 valence electrons. The first kappa shape index (κ1) is 23.5. The maximum atomic E-state index is 13.5. The lowest BCUT2D eigenvalue weighted by Gasteiger charge is -2.23. The molecule has 0 radical (unpaired) electrons. The molecule has 0 unspecified atom stereocenters. The molecule has 0 aliphatic carbocycles. The molecule has 1 aliphatic heterocycles. The van der Waals surface area contributed by atoms with Crippen molar-refractivity contribution in [2.75, 3.05) is 18.0 Å². The third-order valence-electron chi connectivity index (χ3n) is 6.41. The van der Waals surface area contributed by atoms with Crippen molar-refractivity contribution in [3.8, 4) is 0 Å². The molecule has 1 aromatic heterocycles. The maximum Gasteiger partial charge on any atom is 0.305 e. The van der Waals surface area contributed by atoms with Gasteiger partial charge in [-0.1, -0.05) is 38.1 Å². The summed E-state index contributed by atoms with van der Waals surface area (Å²) in [5.74, 6) is -0.978. The van der Waals surface area contributed by atoms with Crippen molar-refractivity contribution in [2.45, 2.75) is 39.7 Å². The summed E-state index contributed by atoms with van der Waals surface area (Å²) in [6, 6.07) is 13.7. The standard InChI is InChI=1S/C27H31N3O4/c1-18(2)8-9-19-10-11-22-24(14-19)30(25(31)17-29(27(22)34)13-12-26(32)33)16-20-15-28(3)23-7-5-4-6-21(20)23/h4-7,10-11,14-15,18H,8-9,12-13,16-17H2,1-3H3,(H,32,33). The lowest BCUT2D eigenvalue weighted by Crippen LogP contribution is -2.40. The largest absolute Gasteiger partial charge is 0.481 e. The first-order chi connectivity index (χ1) is 16.2. The van der Waals surface area contributed by atoms with Crippen LogP contribution in [0.2, 0.25) is 0 Å². The van der Waals surface area contributed by atoms with Gasteiger partial charge in [0.05, 0.1) is 24.2 Å². The lowest BCUT2D eigenvalue weighted by atomic mass is 9.99. The highest BCUT2D eigenvalue weighted by molar-refractivity contribution is 6.10. The normalized spacial score (nSPS) is 14.1. The maximum absolute atomic E-state index is 13.5. The number of carboxylic acids is 1. The van der Waals surface area contributed by atoms with Gasteiger partial charge in [0.25, 0.3) is 5.91 Å². The molecular weight excluding hydrogens is 430 g/mol. The lowest BCUT2D eigenvalue weighted by molar-refractivity contribution is -0.137. The van der Waals surface area contributed by atoms with Crippen LogP contribution < -0.4 is 4.90 Å². The monoisotopic (exact) mass is 461 g/mol. The number of carbonyl (C=O) groups excluding carboxylic acids is 2. The SMILES string of the molecule is CC(C)CCc1ccc2c(c1)N(Cc1cn(C)c3ccccc13)C(=O)CN(CCC(=O)O)C2=O. The number of carbonyl (C=O) groups is 3. The quantitative estimate of drug-likeness (QED) is 0.544. The number of hydrogen-bond donors (Lipinski definition) is 1. The summed E-state index contributed by atoms with van der Waals surface area (Å²) < 4.78 is 2.04. The number of anilines is 1. The van der Waals surface area contributed by atoms with Crippen LogP contribution >= 0.6 is 0 Å². The Hall–Kier alpha value is -3.61. The smallest absolute Gasteiger partial charge is 0.305 e. The Balaban J connectivity index is 1.76. The van der Waals surface area contributed by atoms with Crippen molar-refractivity contribution in [3.63, 3.8) is 0 Å². The van der Waals surface area contributed by atoms with Gasteiger partial charge >= 0.3 is 5.97 Å². The fourth-order valence-electron chi connectivity index (χ4n) is 4.52. The van der Waals surface area contributed by atoms with Gasteiger partial charge in [-0.05, 0) is 48.1 Å². The molecule has 7 nitrogen and oxygen atoms in total. The van der Waals surface area contributed by atoms with Crippen LogP contribution in [0.3, 0.4) is 0 Å². The van der Waals surface area contributed by atoms with Gasteiger partial charge in [-0.25, -0.2) is 0 Å². The number of aryl methyl sites for hydroxylation is 2. The van der Waals surface area contributed by atoms with E-state index in [-0.39, 0.29) is 31.3 Å². The number of rotatable bonds is 8. The molecule has 4 rings (SSSR count). The summed E-state index contributed by atoms with van der Waals surface area (Å²) in [7, 11) is 1.98. The highest BCUT2D eigenvalue weighted by atomic mass is 16.4. The van der Waals surface area contributed by atoms with Crippen molar-refractivity contribution in [1.82, 2.24) is 9.47 Å². The number of hydrogen-bond acceptors (Lipinski definition) is 3. The Labute approximate surface area is 199 Å². The molecule has 0 atom stereocenters. The summed E-state index contributed by atoms with van der Waals surface area (Å²) in [6.07, 6.45) is 3.69. The van der Waals surface area contributed by atoms with Gasteiger partial charge in [-0.3, -0.25) is 14.4 Å². The number of aromatic nitrogens is 1. The van der Waals surface area contributed by atoms with Crippen molar-refractivity contribution in [2.24, 2.45) is 13.0 Å². The van der Waals surface area contributed by atoms with Crippen LogP contribution in [0.5, 0.6) is 0 Å². The number of nitrogens with zero attached hydrogens (tertiary/aromatic N) is 3. The summed E-state index contributed by atoms with van der Waals surface area (Å²) in [5, 5.41) is 10.2. The van der Waals surface area contributed by atoms with Crippen LogP contribution in [0, 0.1) is 5.92 Å². The third kappa shape index (κ3) is 4.83. The minimum atomic E-state index is -0.999. The topological polar surface area (TPSA) is 82.8 Å². The molecule has 2 aromatic carbocycles. The van der Waals surface area contributed by atoms with Crippen LogP contribution in [-0.4, -0.2) is 45.4 Å². The fourth-order valence-corrected chi connectivity index (χ4v) is 4.52. The number of carboxylic acid groups (broad SMARTS) is 1. The molecule has 0 fully saturated rings. The van der Waals surface area contributed by atoms with Gasteiger partial charge in [-0.2, -0.15) is 0 Å². The second-order valence-electron chi connectivity index (χ2n) is 9.42. The zero-order chi connectivity index (χ0) is 24.4. The van der Waals surface area contributed by atoms with Crippen molar-refractivity contribution in [1.29, 1.82) is 0 Å². The van der Waals surface area contributed by atoms with Gasteiger partial charge in [0.15, 0.2) is 0 Å². The van der Waals surface area contributed by atoms with E-state index in [1.54, 1.807) is 11.0 Å². The number of para-hydroxylation sites is 1. The van der Waals surface area contributed by atoms with E-state index in [2.05, 4.69) is 13.8 Å². The van der Waals surface area contributed by atoms with E-state index in [1.165, 1.54) is 4.90 Å². The second-order valence-corrected chi connectivity index (χ2v) is 9.42. The van der Waals surface area contributed by atoms with Crippen molar-refractivity contribution in [3.05, 3.63) is 65.4 Å². The molecule has 3 aromatic rings. The number of amides is 2.